The summed E-state index contributed by atoms with van der Waals surface area (Å²) in [6, 6.07) is 15.4. The van der Waals surface area contributed by atoms with Gasteiger partial charge in [-0.3, -0.25) is 14.5 Å². The van der Waals surface area contributed by atoms with Crippen LogP contribution in [0.2, 0.25) is 0 Å². The normalized spacial score (nSPS) is 16.2. The highest BCUT2D eigenvalue weighted by Gasteiger charge is 2.29. The third-order valence-corrected chi connectivity index (χ3v) is 5.36. The van der Waals surface area contributed by atoms with Crippen LogP contribution in [0.3, 0.4) is 0 Å². The SMILES string of the molecule is CCN(CC)Cc1ccccc1NCC(=O)N1c2ccccc2NC(=O)C[C@@H]1C. The van der Waals surface area contributed by atoms with Gasteiger partial charge in [0.1, 0.15) is 0 Å². The molecule has 0 aromatic heterocycles. The average Bonchev–Trinajstić information content (AvgIpc) is 2.85. The molecule has 0 bridgehead atoms. The molecule has 1 heterocycles. The molecule has 0 radical (unpaired) electrons. The van der Waals surface area contributed by atoms with E-state index in [2.05, 4.69) is 35.4 Å². The average molecular weight is 395 g/mol. The molecule has 1 aliphatic rings. The Bertz CT molecular complexity index is 863. The zero-order valence-corrected chi connectivity index (χ0v) is 17.4. The number of nitrogens with one attached hydrogen (secondary N) is 2. The van der Waals surface area contributed by atoms with Crippen molar-refractivity contribution in [3.63, 3.8) is 0 Å². The first kappa shape index (κ1) is 20.9. The molecule has 3 rings (SSSR count). The maximum atomic E-state index is 13.2. The minimum atomic E-state index is -0.209. The van der Waals surface area contributed by atoms with Crippen LogP contribution in [-0.2, 0) is 16.1 Å². The number of carbonyl (C=O) groups excluding carboxylic acids is 2. The topological polar surface area (TPSA) is 64.7 Å². The molecule has 0 saturated carbocycles. The van der Waals surface area contributed by atoms with E-state index in [9.17, 15) is 9.59 Å². The van der Waals surface area contributed by atoms with Crippen molar-refractivity contribution >= 4 is 28.9 Å². The minimum absolute atomic E-state index is 0.0564. The number of para-hydroxylation sites is 3. The molecule has 2 aromatic rings. The van der Waals surface area contributed by atoms with Crippen molar-refractivity contribution in [3.05, 3.63) is 54.1 Å². The zero-order chi connectivity index (χ0) is 20.8. The van der Waals surface area contributed by atoms with Crippen LogP contribution in [0.5, 0.6) is 0 Å². The van der Waals surface area contributed by atoms with Gasteiger partial charge in [-0.2, -0.15) is 0 Å². The molecule has 154 valence electrons. The number of fused-ring (bicyclic) bond motifs is 1. The summed E-state index contributed by atoms with van der Waals surface area (Å²) in [4.78, 5) is 29.4. The Hall–Kier alpha value is -2.86. The Kier molecular flexibility index (Phi) is 6.88. The third kappa shape index (κ3) is 4.95. The fourth-order valence-electron chi connectivity index (χ4n) is 3.74. The number of carbonyl (C=O) groups is 2. The van der Waals surface area contributed by atoms with Crippen LogP contribution in [0.15, 0.2) is 48.5 Å². The van der Waals surface area contributed by atoms with Crippen molar-refractivity contribution in [2.75, 3.05) is 35.2 Å². The highest BCUT2D eigenvalue weighted by atomic mass is 16.2. The highest BCUT2D eigenvalue weighted by Crippen LogP contribution is 2.31. The zero-order valence-electron chi connectivity index (χ0n) is 17.4. The fraction of sp³-hybridized carbons (Fsp3) is 0.391. The van der Waals surface area contributed by atoms with Gasteiger partial charge in [0.2, 0.25) is 11.8 Å². The number of nitrogens with zero attached hydrogens (tertiary/aromatic N) is 2. The Morgan fingerprint density at radius 2 is 1.83 bits per heavy atom. The number of hydrogen-bond acceptors (Lipinski definition) is 4. The summed E-state index contributed by atoms with van der Waals surface area (Å²) < 4.78 is 0. The van der Waals surface area contributed by atoms with Gasteiger partial charge in [-0.15, -0.1) is 0 Å². The number of benzene rings is 2. The molecule has 0 saturated heterocycles. The minimum Gasteiger partial charge on any atom is -0.376 e. The molecule has 1 atom stereocenters. The Morgan fingerprint density at radius 1 is 1.14 bits per heavy atom. The fourth-order valence-corrected chi connectivity index (χ4v) is 3.74. The van der Waals surface area contributed by atoms with Crippen LogP contribution in [0.4, 0.5) is 17.1 Å². The van der Waals surface area contributed by atoms with E-state index in [0.717, 1.165) is 31.0 Å². The molecule has 0 fully saturated rings. The van der Waals surface area contributed by atoms with Crippen LogP contribution in [0.25, 0.3) is 0 Å². The van der Waals surface area contributed by atoms with Crippen molar-refractivity contribution in [2.24, 2.45) is 0 Å². The molecule has 6 heteroatoms. The van der Waals surface area contributed by atoms with Gasteiger partial charge in [-0.1, -0.05) is 44.2 Å². The molecule has 2 N–H and O–H groups in total. The van der Waals surface area contributed by atoms with Crippen LogP contribution in [-0.4, -0.2) is 42.4 Å². The lowest BCUT2D eigenvalue weighted by atomic mass is 10.1. The second-order valence-electron chi connectivity index (χ2n) is 7.35. The quantitative estimate of drug-likeness (QED) is 0.752. The highest BCUT2D eigenvalue weighted by molar-refractivity contribution is 6.05. The maximum Gasteiger partial charge on any atom is 0.246 e. The first-order valence-corrected chi connectivity index (χ1v) is 10.3. The monoisotopic (exact) mass is 394 g/mol. The van der Waals surface area contributed by atoms with E-state index in [4.69, 9.17) is 0 Å². The van der Waals surface area contributed by atoms with Crippen molar-refractivity contribution in [2.45, 2.75) is 39.8 Å². The molecule has 1 aliphatic heterocycles. The smallest absolute Gasteiger partial charge is 0.246 e. The van der Waals surface area contributed by atoms with Crippen molar-refractivity contribution in [3.8, 4) is 0 Å². The van der Waals surface area contributed by atoms with Crippen LogP contribution in [0, 0.1) is 0 Å². The van der Waals surface area contributed by atoms with Gasteiger partial charge in [-0.25, -0.2) is 0 Å². The molecule has 29 heavy (non-hydrogen) atoms. The molecular formula is C23H30N4O2. The number of amides is 2. The van der Waals surface area contributed by atoms with E-state index < -0.39 is 0 Å². The number of rotatable bonds is 7. The summed E-state index contributed by atoms with van der Waals surface area (Å²) in [5.74, 6) is -0.128. The van der Waals surface area contributed by atoms with Gasteiger partial charge in [0.25, 0.3) is 0 Å². The van der Waals surface area contributed by atoms with Gasteiger partial charge < -0.3 is 15.5 Å². The van der Waals surface area contributed by atoms with Gasteiger partial charge in [0, 0.05) is 24.7 Å². The standard InChI is InChI=1S/C23H30N4O2/c1-4-26(5-2)16-18-10-6-7-11-19(18)24-15-23(29)27-17(3)14-22(28)25-20-12-8-9-13-21(20)27/h6-13,17,24H,4-5,14-16H2,1-3H3,(H,25,28)/t17-/m0/s1. The summed E-state index contributed by atoms with van der Waals surface area (Å²) in [5, 5.41) is 6.22. The molecule has 2 aromatic carbocycles. The summed E-state index contributed by atoms with van der Waals surface area (Å²) in [7, 11) is 0. The third-order valence-electron chi connectivity index (χ3n) is 5.36. The number of anilines is 3. The molecule has 0 spiro atoms. The molecule has 0 unspecified atom stereocenters. The summed E-state index contributed by atoms with van der Waals surface area (Å²) in [6.45, 7) is 9.18. The van der Waals surface area contributed by atoms with E-state index in [1.807, 2.05) is 49.4 Å². The van der Waals surface area contributed by atoms with E-state index in [1.54, 1.807) is 4.90 Å². The number of hydrogen-bond donors (Lipinski definition) is 2. The van der Waals surface area contributed by atoms with Crippen LogP contribution < -0.4 is 15.5 Å². The van der Waals surface area contributed by atoms with E-state index in [-0.39, 0.29) is 30.8 Å². The van der Waals surface area contributed by atoms with E-state index in [0.29, 0.717) is 5.69 Å². The molecular weight excluding hydrogens is 364 g/mol. The lowest BCUT2D eigenvalue weighted by molar-refractivity contribution is -0.118. The van der Waals surface area contributed by atoms with Gasteiger partial charge in [0.15, 0.2) is 0 Å². The first-order valence-electron chi connectivity index (χ1n) is 10.3. The Labute approximate surface area is 172 Å². The maximum absolute atomic E-state index is 13.2. The van der Waals surface area contributed by atoms with Crippen molar-refractivity contribution in [1.82, 2.24) is 4.90 Å². The second kappa shape index (κ2) is 9.56. The first-order chi connectivity index (χ1) is 14.0. The predicted octanol–water partition coefficient (Wildman–Crippen LogP) is 3.70. The van der Waals surface area contributed by atoms with Gasteiger partial charge in [-0.05, 0) is 43.8 Å². The van der Waals surface area contributed by atoms with Crippen LogP contribution >= 0.6 is 0 Å². The van der Waals surface area contributed by atoms with E-state index in [1.165, 1.54) is 5.56 Å². The molecule has 0 aliphatic carbocycles. The van der Waals surface area contributed by atoms with Crippen molar-refractivity contribution < 1.29 is 9.59 Å². The lowest BCUT2D eigenvalue weighted by Crippen LogP contribution is -2.42. The van der Waals surface area contributed by atoms with Crippen molar-refractivity contribution in [1.29, 1.82) is 0 Å². The van der Waals surface area contributed by atoms with E-state index >= 15 is 0 Å². The van der Waals surface area contributed by atoms with Crippen LogP contribution in [0.1, 0.15) is 32.8 Å². The molecule has 6 nitrogen and oxygen atoms in total. The largest absolute Gasteiger partial charge is 0.376 e. The van der Waals surface area contributed by atoms with Gasteiger partial charge >= 0.3 is 0 Å². The second-order valence-corrected chi connectivity index (χ2v) is 7.35. The lowest BCUT2D eigenvalue weighted by Gasteiger charge is -2.28. The Balaban J connectivity index is 1.77. The summed E-state index contributed by atoms with van der Waals surface area (Å²) in [6.07, 6.45) is 0.277. The predicted molar refractivity (Wildman–Crippen MR) is 118 cm³/mol. The Morgan fingerprint density at radius 3 is 2.59 bits per heavy atom. The van der Waals surface area contributed by atoms with Gasteiger partial charge in [0.05, 0.1) is 17.9 Å². The summed E-state index contributed by atoms with van der Waals surface area (Å²) in [5.41, 5.74) is 3.56. The molecule has 2 amide bonds. The summed E-state index contributed by atoms with van der Waals surface area (Å²) >= 11 is 0.